The molecule has 0 unspecified atom stereocenters. The smallest absolute Gasteiger partial charge is 0.335 e. The third-order valence-corrected chi connectivity index (χ3v) is 3.36. The number of rotatable bonds is 3. The first-order valence-electron chi connectivity index (χ1n) is 5.53. The molecule has 0 aliphatic rings. The van der Waals surface area contributed by atoms with Crippen molar-refractivity contribution in [2.24, 2.45) is 0 Å². The fourth-order valence-electron chi connectivity index (χ4n) is 1.68. The summed E-state index contributed by atoms with van der Waals surface area (Å²) >= 11 is 3.33. The Kier molecular flexibility index (Phi) is 3.85. The summed E-state index contributed by atoms with van der Waals surface area (Å²) in [7, 11) is 0. The highest BCUT2D eigenvalue weighted by molar-refractivity contribution is 9.10. The number of carbonyl (C=O) groups is 1. The van der Waals surface area contributed by atoms with Gasteiger partial charge in [0.05, 0.1) is 11.3 Å². The van der Waals surface area contributed by atoms with Gasteiger partial charge < -0.3 is 10.4 Å². The summed E-state index contributed by atoms with van der Waals surface area (Å²) in [4.78, 5) is 10.8. The number of aryl methyl sites for hydroxylation is 1. The van der Waals surface area contributed by atoms with Gasteiger partial charge in [-0.3, -0.25) is 0 Å². The Bertz CT molecular complexity index is 643. The lowest BCUT2D eigenvalue weighted by Gasteiger charge is -2.12. The van der Waals surface area contributed by atoms with E-state index in [0.717, 1.165) is 15.7 Å². The highest BCUT2D eigenvalue weighted by Gasteiger charge is 2.07. The van der Waals surface area contributed by atoms with Gasteiger partial charge in [-0.1, -0.05) is 0 Å². The van der Waals surface area contributed by atoms with Crippen molar-refractivity contribution in [2.75, 3.05) is 5.32 Å². The van der Waals surface area contributed by atoms with Crippen LogP contribution in [0.3, 0.4) is 0 Å². The Morgan fingerprint density at radius 3 is 2.58 bits per heavy atom. The number of anilines is 2. The molecule has 0 radical (unpaired) electrons. The normalized spacial score (nSPS) is 10.3. The molecule has 0 aliphatic heterocycles. The zero-order chi connectivity index (χ0) is 14.0. The van der Waals surface area contributed by atoms with Gasteiger partial charge in [0.1, 0.15) is 5.82 Å². The third kappa shape index (κ3) is 3.12. The Morgan fingerprint density at radius 2 is 1.95 bits per heavy atom. The van der Waals surface area contributed by atoms with Gasteiger partial charge in [0.2, 0.25) is 0 Å². The van der Waals surface area contributed by atoms with Crippen molar-refractivity contribution in [3.8, 4) is 0 Å². The van der Waals surface area contributed by atoms with Crippen LogP contribution in [-0.4, -0.2) is 11.1 Å². The maximum atomic E-state index is 13.2. The third-order valence-electron chi connectivity index (χ3n) is 2.67. The van der Waals surface area contributed by atoms with E-state index in [1.807, 2.05) is 0 Å². The summed E-state index contributed by atoms with van der Waals surface area (Å²) in [5.41, 5.74) is 2.32. The monoisotopic (exact) mass is 323 g/mol. The first-order valence-corrected chi connectivity index (χ1v) is 6.32. The molecule has 0 saturated heterocycles. The molecule has 0 aliphatic carbocycles. The van der Waals surface area contributed by atoms with Crippen LogP contribution in [-0.2, 0) is 0 Å². The van der Waals surface area contributed by atoms with Crippen LogP contribution in [0.5, 0.6) is 0 Å². The van der Waals surface area contributed by atoms with Gasteiger partial charge in [-0.05, 0) is 64.8 Å². The lowest BCUT2D eigenvalue weighted by atomic mass is 10.1. The van der Waals surface area contributed by atoms with Crippen LogP contribution in [0.15, 0.2) is 40.9 Å². The maximum Gasteiger partial charge on any atom is 0.335 e. The van der Waals surface area contributed by atoms with E-state index in [9.17, 15) is 9.18 Å². The summed E-state index contributed by atoms with van der Waals surface area (Å²) in [5, 5.41) is 12.0. The zero-order valence-electron chi connectivity index (χ0n) is 10.1. The molecule has 0 atom stereocenters. The molecular formula is C14H11BrFNO2. The summed E-state index contributed by atoms with van der Waals surface area (Å²) in [6.45, 7) is 1.79. The van der Waals surface area contributed by atoms with Crippen molar-refractivity contribution in [3.05, 3.63) is 57.8 Å². The predicted molar refractivity (Wildman–Crippen MR) is 75.5 cm³/mol. The lowest BCUT2D eigenvalue weighted by Crippen LogP contribution is -1.99. The highest BCUT2D eigenvalue weighted by atomic mass is 79.9. The van der Waals surface area contributed by atoms with Crippen LogP contribution in [0.4, 0.5) is 15.8 Å². The summed E-state index contributed by atoms with van der Waals surface area (Å²) < 4.78 is 13.9. The van der Waals surface area contributed by atoms with E-state index in [1.165, 1.54) is 18.2 Å². The standard InChI is InChI=1S/C14H11BrFNO2/c1-8-6-9(14(18)19)2-5-12(8)17-13-7-10(16)3-4-11(13)15/h2-7,17H,1H3,(H,18,19). The first kappa shape index (κ1) is 13.5. The van der Waals surface area contributed by atoms with Crippen LogP contribution in [0.1, 0.15) is 15.9 Å². The fraction of sp³-hybridized carbons (Fsp3) is 0.0714. The number of carboxylic acids is 1. The minimum atomic E-state index is -0.971. The number of hydrogen-bond donors (Lipinski definition) is 2. The number of hydrogen-bond acceptors (Lipinski definition) is 2. The van der Waals surface area contributed by atoms with Gasteiger partial charge in [0, 0.05) is 10.2 Å². The van der Waals surface area contributed by atoms with Crippen LogP contribution in [0, 0.1) is 12.7 Å². The average molecular weight is 324 g/mol. The molecule has 0 bridgehead atoms. The second-order valence-corrected chi connectivity index (χ2v) is 4.94. The molecule has 5 heteroatoms. The average Bonchev–Trinajstić information content (AvgIpc) is 2.36. The molecule has 19 heavy (non-hydrogen) atoms. The quantitative estimate of drug-likeness (QED) is 0.883. The van der Waals surface area contributed by atoms with Crippen molar-refractivity contribution in [3.63, 3.8) is 0 Å². The predicted octanol–water partition coefficient (Wildman–Crippen LogP) is 4.34. The molecule has 2 aromatic rings. The topological polar surface area (TPSA) is 49.3 Å². The molecule has 0 heterocycles. The zero-order valence-corrected chi connectivity index (χ0v) is 11.7. The number of nitrogens with one attached hydrogen (secondary N) is 1. The molecule has 2 N–H and O–H groups in total. The molecular weight excluding hydrogens is 313 g/mol. The molecule has 0 amide bonds. The largest absolute Gasteiger partial charge is 0.478 e. The Hall–Kier alpha value is -1.88. The highest BCUT2D eigenvalue weighted by Crippen LogP contribution is 2.28. The van der Waals surface area contributed by atoms with Gasteiger partial charge in [-0.2, -0.15) is 0 Å². The van der Waals surface area contributed by atoms with E-state index in [0.29, 0.717) is 5.69 Å². The van der Waals surface area contributed by atoms with Gasteiger partial charge in [0.25, 0.3) is 0 Å². The van der Waals surface area contributed by atoms with Crippen molar-refractivity contribution >= 4 is 33.3 Å². The molecule has 0 saturated carbocycles. The molecule has 2 aromatic carbocycles. The Morgan fingerprint density at radius 1 is 1.21 bits per heavy atom. The Labute approximate surface area is 118 Å². The molecule has 0 spiro atoms. The summed E-state index contributed by atoms with van der Waals surface area (Å²) in [6, 6.07) is 9.07. The van der Waals surface area contributed by atoms with Gasteiger partial charge in [-0.25, -0.2) is 9.18 Å². The fourth-order valence-corrected chi connectivity index (χ4v) is 2.02. The number of halogens is 2. The van der Waals surface area contributed by atoms with Crippen molar-refractivity contribution in [1.29, 1.82) is 0 Å². The van der Waals surface area contributed by atoms with Gasteiger partial charge >= 0.3 is 5.97 Å². The first-order chi connectivity index (χ1) is 8.97. The molecule has 3 nitrogen and oxygen atoms in total. The maximum absolute atomic E-state index is 13.2. The van der Waals surface area contributed by atoms with Crippen LogP contribution >= 0.6 is 15.9 Å². The Balaban J connectivity index is 2.33. The lowest BCUT2D eigenvalue weighted by molar-refractivity contribution is 0.0697. The molecule has 98 valence electrons. The van der Waals surface area contributed by atoms with E-state index in [1.54, 1.807) is 25.1 Å². The van der Waals surface area contributed by atoms with Gasteiger partial charge in [-0.15, -0.1) is 0 Å². The van der Waals surface area contributed by atoms with Crippen molar-refractivity contribution in [1.82, 2.24) is 0 Å². The number of aromatic carboxylic acids is 1. The molecule has 0 fully saturated rings. The summed E-state index contributed by atoms with van der Waals surface area (Å²) in [5.74, 6) is -1.31. The van der Waals surface area contributed by atoms with E-state index < -0.39 is 5.97 Å². The SMILES string of the molecule is Cc1cc(C(=O)O)ccc1Nc1cc(F)ccc1Br. The minimum absolute atomic E-state index is 0.223. The van der Waals surface area contributed by atoms with Crippen LogP contribution < -0.4 is 5.32 Å². The van der Waals surface area contributed by atoms with E-state index in [-0.39, 0.29) is 11.4 Å². The molecule has 0 aromatic heterocycles. The van der Waals surface area contributed by atoms with Crippen LogP contribution in [0.2, 0.25) is 0 Å². The second kappa shape index (κ2) is 5.40. The van der Waals surface area contributed by atoms with Gasteiger partial charge in [0.15, 0.2) is 0 Å². The molecule has 2 rings (SSSR count). The van der Waals surface area contributed by atoms with E-state index in [4.69, 9.17) is 5.11 Å². The number of benzene rings is 2. The number of carboxylic acid groups (broad SMARTS) is 1. The van der Waals surface area contributed by atoms with Crippen molar-refractivity contribution < 1.29 is 14.3 Å². The van der Waals surface area contributed by atoms with E-state index >= 15 is 0 Å². The second-order valence-electron chi connectivity index (χ2n) is 4.08. The van der Waals surface area contributed by atoms with Crippen molar-refractivity contribution in [2.45, 2.75) is 6.92 Å². The van der Waals surface area contributed by atoms with Crippen LogP contribution in [0.25, 0.3) is 0 Å². The minimum Gasteiger partial charge on any atom is -0.478 e. The summed E-state index contributed by atoms with van der Waals surface area (Å²) in [6.07, 6.45) is 0. The van der Waals surface area contributed by atoms with E-state index in [2.05, 4.69) is 21.2 Å².